The normalized spacial score (nSPS) is 20.8. The van der Waals surface area contributed by atoms with Crippen LogP contribution in [0.25, 0.3) is 0 Å². The van der Waals surface area contributed by atoms with Crippen molar-refractivity contribution < 1.29 is 12.8 Å². The van der Waals surface area contributed by atoms with Gasteiger partial charge in [-0.05, 0) is 37.4 Å². The predicted octanol–water partition coefficient (Wildman–Crippen LogP) is 1.54. The third kappa shape index (κ3) is 3.29. The largest absolute Gasteiger partial charge is 0.315 e. The summed E-state index contributed by atoms with van der Waals surface area (Å²) in [7, 11) is -3.13. The van der Waals surface area contributed by atoms with Crippen molar-refractivity contribution in [2.45, 2.75) is 24.5 Å². The first-order valence-electron chi connectivity index (χ1n) is 6.25. The van der Waals surface area contributed by atoms with E-state index in [4.69, 9.17) is 0 Å². The number of hydrogen-bond acceptors (Lipinski definition) is 3. The molecule has 1 aliphatic rings. The maximum atomic E-state index is 13.4. The summed E-state index contributed by atoms with van der Waals surface area (Å²) in [6.45, 7) is 1.42. The summed E-state index contributed by atoms with van der Waals surface area (Å²) in [5, 5.41) is 2.79. The number of sulfone groups is 1. The standard InChI is InChI=1S/C13H18FNO2S/c14-13-6-2-1-4-11(13)7-9-18(16,17)12-5-3-8-15-10-12/h1-2,4,6,12,15H,3,5,7-10H2. The molecule has 1 N–H and O–H groups in total. The molecule has 1 unspecified atom stereocenters. The van der Waals surface area contributed by atoms with Crippen molar-refractivity contribution in [1.82, 2.24) is 5.32 Å². The maximum absolute atomic E-state index is 13.4. The third-order valence-corrected chi connectivity index (χ3v) is 5.56. The number of halogens is 1. The van der Waals surface area contributed by atoms with E-state index in [9.17, 15) is 12.8 Å². The average molecular weight is 271 g/mol. The molecule has 0 aliphatic carbocycles. The zero-order valence-electron chi connectivity index (χ0n) is 10.2. The van der Waals surface area contributed by atoms with Gasteiger partial charge in [0.15, 0.2) is 9.84 Å². The fourth-order valence-corrected chi connectivity index (χ4v) is 3.98. The van der Waals surface area contributed by atoms with Gasteiger partial charge in [0.25, 0.3) is 0 Å². The Morgan fingerprint density at radius 2 is 2.11 bits per heavy atom. The molecule has 1 heterocycles. The molecule has 1 aromatic rings. The van der Waals surface area contributed by atoms with Crippen molar-refractivity contribution in [2.24, 2.45) is 0 Å². The van der Waals surface area contributed by atoms with E-state index in [0.29, 0.717) is 18.5 Å². The summed E-state index contributed by atoms with van der Waals surface area (Å²) in [5.74, 6) is -0.297. The molecule has 1 aliphatic heterocycles. The van der Waals surface area contributed by atoms with Gasteiger partial charge >= 0.3 is 0 Å². The lowest BCUT2D eigenvalue weighted by molar-refractivity contribution is 0.496. The van der Waals surface area contributed by atoms with Crippen LogP contribution in [0.15, 0.2) is 24.3 Å². The van der Waals surface area contributed by atoms with Crippen LogP contribution in [0, 0.1) is 5.82 Å². The van der Waals surface area contributed by atoms with Crippen LogP contribution in [-0.4, -0.2) is 32.5 Å². The molecule has 0 bridgehead atoms. The first kappa shape index (κ1) is 13.5. The SMILES string of the molecule is O=S(=O)(CCc1ccccc1F)C1CCCNC1. The summed E-state index contributed by atoms with van der Waals surface area (Å²) in [5.41, 5.74) is 0.477. The van der Waals surface area contributed by atoms with Crippen LogP contribution < -0.4 is 5.32 Å². The van der Waals surface area contributed by atoms with Crippen molar-refractivity contribution in [3.05, 3.63) is 35.6 Å². The van der Waals surface area contributed by atoms with Gasteiger partial charge in [0.05, 0.1) is 11.0 Å². The second kappa shape index (κ2) is 5.80. The molecule has 0 radical (unpaired) electrons. The lowest BCUT2D eigenvalue weighted by Crippen LogP contribution is -2.40. The lowest BCUT2D eigenvalue weighted by atomic mass is 10.1. The van der Waals surface area contributed by atoms with Gasteiger partial charge in [-0.3, -0.25) is 0 Å². The van der Waals surface area contributed by atoms with E-state index in [1.807, 2.05) is 0 Å². The Balaban J connectivity index is 1.98. The number of nitrogens with one attached hydrogen (secondary N) is 1. The van der Waals surface area contributed by atoms with E-state index in [2.05, 4.69) is 5.32 Å². The van der Waals surface area contributed by atoms with Gasteiger partial charge in [-0.25, -0.2) is 12.8 Å². The van der Waals surface area contributed by atoms with E-state index in [-0.39, 0.29) is 23.2 Å². The van der Waals surface area contributed by atoms with Crippen LogP contribution in [-0.2, 0) is 16.3 Å². The van der Waals surface area contributed by atoms with Crippen molar-refractivity contribution >= 4 is 9.84 Å². The topological polar surface area (TPSA) is 46.2 Å². The number of aryl methyl sites for hydroxylation is 1. The summed E-state index contributed by atoms with van der Waals surface area (Å²) >= 11 is 0. The Labute approximate surface area is 107 Å². The summed E-state index contributed by atoms with van der Waals surface area (Å²) in [6, 6.07) is 6.35. The Bertz CT molecular complexity index is 495. The van der Waals surface area contributed by atoms with E-state index >= 15 is 0 Å². The molecule has 5 heteroatoms. The van der Waals surface area contributed by atoms with Gasteiger partial charge < -0.3 is 5.32 Å². The van der Waals surface area contributed by atoms with Crippen LogP contribution in [0.1, 0.15) is 18.4 Å². The van der Waals surface area contributed by atoms with E-state index in [1.165, 1.54) is 6.07 Å². The first-order valence-corrected chi connectivity index (χ1v) is 7.97. The first-order chi connectivity index (χ1) is 8.59. The van der Waals surface area contributed by atoms with Gasteiger partial charge in [0.1, 0.15) is 5.82 Å². The highest BCUT2D eigenvalue weighted by atomic mass is 32.2. The van der Waals surface area contributed by atoms with E-state index in [0.717, 1.165) is 13.0 Å². The summed E-state index contributed by atoms with van der Waals surface area (Å²) in [4.78, 5) is 0. The monoisotopic (exact) mass is 271 g/mol. The Morgan fingerprint density at radius 1 is 1.33 bits per heavy atom. The highest BCUT2D eigenvalue weighted by Crippen LogP contribution is 2.15. The minimum Gasteiger partial charge on any atom is -0.315 e. The van der Waals surface area contributed by atoms with Crippen molar-refractivity contribution in [2.75, 3.05) is 18.8 Å². The zero-order chi connectivity index (χ0) is 13.0. The van der Waals surface area contributed by atoms with Crippen molar-refractivity contribution in [3.63, 3.8) is 0 Å². The van der Waals surface area contributed by atoms with E-state index in [1.54, 1.807) is 18.2 Å². The molecular weight excluding hydrogens is 253 g/mol. The third-order valence-electron chi connectivity index (χ3n) is 3.37. The molecule has 0 saturated carbocycles. The molecule has 0 aromatic heterocycles. The minimum absolute atomic E-state index is 0.0281. The smallest absolute Gasteiger partial charge is 0.154 e. The Kier molecular flexibility index (Phi) is 4.35. The predicted molar refractivity (Wildman–Crippen MR) is 69.8 cm³/mol. The number of piperidine rings is 1. The van der Waals surface area contributed by atoms with Gasteiger partial charge in [0.2, 0.25) is 0 Å². The number of hydrogen-bond donors (Lipinski definition) is 1. The van der Waals surface area contributed by atoms with Gasteiger partial charge in [-0.2, -0.15) is 0 Å². The Hall–Kier alpha value is -0.940. The lowest BCUT2D eigenvalue weighted by Gasteiger charge is -2.22. The maximum Gasteiger partial charge on any atom is 0.154 e. The fourth-order valence-electron chi connectivity index (χ4n) is 2.25. The average Bonchev–Trinajstić information content (AvgIpc) is 2.39. The zero-order valence-corrected chi connectivity index (χ0v) is 11.0. The summed E-state index contributed by atoms with van der Waals surface area (Å²) in [6.07, 6.45) is 1.86. The molecule has 1 saturated heterocycles. The molecule has 0 amide bonds. The summed E-state index contributed by atoms with van der Waals surface area (Å²) < 4.78 is 37.6. The molecule has 1 aromatic carbocycles. The molecule has 1 atom stereocenters. The van der Waals surface area contributed by atoms with Crippen LogP contribution in [0.2, 0.25) is 0 Å². The minimum atomic E-state index is -3.13. The van der Waals surface area contributed by atoms with Crippen molar-refractivity contribution in [1.29, 1.82) is 0 Å². The van der Waals surface area contributed by atoms with Crippen LogP contribution in [0.4, 0.5) is 4.39 Å². The Morgan fingerprint density at radius 3 is 2.78 bits per heavy atom. The fraction of sp³-hybridized carbons (Fsp3) is 0.538. The van der Waals surface area contributed by atoms with E-state index < -0.39 is 9.84 Å². The second-order valence-electron chi connectivity index (χ2n) is 4.68. The molecule has 1 fully saturated rings. The van der Waals surface area contributed by atoms with Gasteiger partial charge in [-0.1, -0.05) is 18.2 Å². The van der Waals surface area contributed by atoms with Crippen molar-refractivity contribution in [3.8, 4) is 0 Å². The molecule has 2 rings (SSSR count). The van der Waals surface area contributed by atoms with Crippen LogP contribution >= 0.6 is 0 Å². The highest BCUT2D eigenvalue weighted by Gasteiger charge is 2.26. The highest BCUT2D eigenvalue weighted by molar-refractivity contribution is 7.92. The van der Waals surface area contributed by atoms with Gasteiger partial charge in [-0.15, -0.1) is 0 Å². The van der Waals surface area contributed by atoms with Crippen LogP contribution in [0.5, 0.6) is 0 Å². The molecule has 3 nitrogen and oxygen atoms in total. The number of benzene rings is 1. The molecule has 100 valence electrons. The molecular formula is C13H18FNO2S. The molecule has 18 heavy (non-hydrogen) atoms. The van der Waals surface area contributed by atoms with Crippen LogP contribution in [0.3, 0.4) is 0 Å². The van der Waals surface area contributed by atoms with Gasteiger partial charge in [0, 0.05) is 6.54 Å². The molecule has 0 spiro atoms. The number of rotatable bonds is 4. The quantitative estimate of drug-likeness (QED) is 0.903. The second-order valence-corrected chi connectivity index (χ2v) is 7.08.